The van der Waals surface area contributed by atoms with Gasteiger partial charge in [-0.1, -0.05) is 11.6 Å². The molecule has 3 rings (SSSR count). The van der Waals surface area contributed by atoms with Gasteiger partial charge in [-0.25, -0.2) is 9.97 Å². The smallest absolute Gasteiger partial charge is 0.155 e. The van der Waals surface area contributed by atoms with Gasteiger partial charge in [-0.2, -0.15) is 0 Å². The fourth-order valence-electron chi connectivity index (χ4n) is 3.26. The van der Waals surface area contributed by atoms with Crippen molar-refractivity contribution in [3.63, 3.8) is 0 Å². The van der Waals surface area contributed by atoms with Gasteiger partial charge in [0.05, 0.1) is 37.3 Å². The van der Waals surface area contributed by atoms with Crippen LogP contribution in [-0.4, -0.2) is 63.3 Å². The lowest BCUT2D eigenvalue weighted by Crippen LogP contribution is -2.52. The maximum atomic E-state index is 7.57. The maximum Gasteiger partial charge on any atom is 0.155 e. The fraction of sp³-hybridized carbons (Fsp3) is 0.316. The second kappa shape index (κ2) is 9.44. The molecule has 3 heterocycles. The summed E-state index contributed by atoms with van der Waals surface area (Å²) in [6, 6.07) is -0.0748. The van der Waals surface area contributed by atoms with Gasteiger partial charge >= 0.3 is 0 Å². The topological polar surface area (TPSA) is 117 Å². The zero-order chi connectivity index (χ0) is 20.8. The largest absolute Gasteiger partial charge is 0.404 e. The number of ether oxygens (including phenoxy) is 1. The van der Waals surface area contributed by atoms with Crippen molar-refractivity contribution in [3.8, 4) is 0 Å². The Kier molecular flexibility index (Phi) is 6.73. The van der Waals surface area contributed by atoms with Crippen LogP contribution in [0.25, 0.3) is 5.65 Å². The normalized spacial score (nSPS) is 21.1. The van der Waals surface area contributed by atoms with Crippen molar-refractivity contribution in [2.45, 2.75) is 25.6 Å². The van der Waals surface area contributed by atoms with Gasteiger partial charge in [0.2, 0.25) is 0 Å². The van der Waals surface area contributed by atoms with E-state index in [0.717, 1.165) is 11.5 Å². The molecule has 0 radical (unpaired) electrons. The number of imidazole rings is 1. The number of rotatable bonds is 6. The van der Waals surface area contributed by atoms with Gasteiger partial charge in [0.15, 0.2) is 5.65 Å². The maximum absolute atomic E-state index is 7.57. The highest BCUT2D eigenvalue weighted by atomic mass is 35.5. The molecule has 0 aromatic carbocycles. The molecule has 0 spiro atoms. The molecule has 2 aromatic rings. The van der Waals surface area contributed by atoms with E-state index >= 15 is 0 Å². The van der Waals surface area contributed by atoms with Crippen LogP contribution >= 0.6 is 11.6 Å². The number of halogens is 1. The molecule has 0 amide bonds. The van der Waals surface area contributed by atoms with Crippen LogP contribution in [0.1, 0.15) is 12.6 Å². The number of nitrogens with zero attached hydrogens (tertiary/aromatic N) is 6. The number of aromatic nitrogens is 3. The summed E-state index contributed by atoms with van der Waals surface area (Å²) in [4.78, 5) is 19.1. The highest BCUT2D eigenvalue weighted by Gasteiger charge is 2.32. The highest BCUT2D eigenvalue weighted by Crippen LogP contribution is 2.21. The SMILES string of the molecule is C=N/C=C\C(=NCc1cnc2cnc(Cl)cn12)N1CCOC(/C(C=N)=C/N)C1C. The zero-order valence-corrected chi connectivity index (χ0v) is 16.8. The Morgan fingerprint density at radius 1 is 1.48 bits per heavy atom. The first-order valence-corrected chi connectivity index (χ1v) is 9.41. The fourth-order valence-corrected chi connectivity index (χ4v) is 3.41. The third kappa shape index (κ3) is 4.52. The van der Waals surface area contributed by atoms with Gasteiger partial charge in [-0.15, -0.1) is 0 Å². The van der Waals surface area contributed by atoms with Crippen LogP contribution in [0, 0.1) is 5.41 Å². The van der Waals surface area contributed by atoms with E-state index in [0.29, 0.717) is 36.1 Å². The second-order valence-electron chi connectivity index (χ2n) is 6.40. The van der Waals surface area contributed by atoms with Crippen LogP contribution in [0.15, 0.2) is 52.6 Å². The number of aliphatic imine (C=N–C) groups is 2. The van der Waals surface area contributed by atoms with E-state index in [2.05, 4.69) is 26.6 Å². The van der Waals surface area contributed by atoms with Crippen molar-refractivity contribution in [2.75, 3.05) is 13.2 Å². The molecular weight excluding hydrogens is 392 g/mol. The molecule has 1 aliphatic rings. The number of morpholine rings is 1. The Balaban J connectivity index is 1.90. The number of hydrogen-bond donors (Lipinski definition) is 2. The molecule has 1 aliphatic heterocycles. The first-order valence-electron chi connectivity index (χ1n) is 9.03. The van der Waals surface area contributed by atoms with Crippen LogP contribution in [0.2, 0.25) is 5.15 Å². The van der Waals surface area contributed by atoms with E-state index in [9.17, 15) is 0 Å². The molecule has 9 nitrogen and oxygen atoms in total. The molecule has 1 fully saturated rings. The lowest BCUT2D eigenvalue weighted by Gasteiger charge is -2.40. The van der Waals surface area contributed by atoms with Crippen molar-refractivity contribution in [1.29, 1.82) is 5.41 Å². The Bertz CT molecular complexity index is 980. The Morgan fingerprint density at radius 3 is 3.03 bits per heavy atom. The molecule has 0 bridgehead atoms. The minimum atomic E-state index is -0.317. The first kappa shape index (κ1) is 20.7. The van der Waals surface area contributed by atoms with Crippen molar-refractivity contribution in [1.82, 2.24) is 19.3 Å². The van der Waals surface area contributed by atoms with Crippen LogP contribution in [-0.2, 0) is 11.3 Å². The Morgan fingerprint density at radius 2 is 2.31 bits per heavy atom. The monoisotopic (exact) mass is 414 g/mol. The summed E-state index contributed by atoms with van der Waals surface area (Å²) in [5.74, 6) is 0.731. The lowest BCUT2D eigenvalue weighted by atomic mass is 10.0. The average molecular weight is 415 g/mol. The molecular formula is C19H23ClN8O. The van der Waals surface area contributed by atoms with Crippen molar-refractivity contribution < 1.29 is 4.74 Å². The molecule has 2 atom stereocenters. The van der Waals surface area contributed by atoms with Gasteiger partial charge in [-0.05, 0) is 19.7 Å². The van der Waals surface area contributed by atoms with Gasteiger partial charge < -0.3 is 20.8 Å². The van der Waals surface area contributed by atoms with E-state index < -0.39 is 0 Å². The molecule has 29 heavy (non-hydrogen) atoms. The minimum absolute atomic E-state index is 0.0748. The average Bonchev–Trinajstić information content (AvgIpc) is 3.12. The van der Waals surface area contributed by atoms with E-state index in [1.54, 1.807) is 30.9 Å². The predicted molar refractivity (Wildman–Crippen MR) is 115 cm³/mol. The van der Waals surface area contributed by atoms with Crippen LogP contribution in [0.5, 0.6) is 0 Å². The first-order chi connectivity index (χ1) is 14.1. The van der Waals surface area contributed by atoms with Crippen molar-refractivity contribution >= 4 is 36.0 Å². The third-order valence-electron chi connectivity index (χ3n) is 4.71. The molecule has 1 saturated heterocycles. The van der Waals surface area contributed by atoms with E-state index in [1.807, 2.05) is 11.3 Å². The predicted octanol–water partition coefficient (Wildman–Crippen LogP) is 2.08. The Hall–Kier alpha value is -3.04. The van der Waals surface area contributed by atoms with Gasteiger partial charge in [0.25, 0.3) is 0 Å². The van der Waals surface area contributed by atoms with Crippen LogP contribution in [0.4, 0.5) is 0 Å². The molecule has 0 aliphatic carbocycles. The number of nitrogens with two attached hydrogens (primary N) is 1. The summed E-state index contributed by atoms with van der Waals surface area (Å²) < 4.78 is 7.71. The van der Waals surface area contributed by atoms with Crippen LogP contribution in [0.3, 0.4) is 0 Å². The van der Waals surface area contributed by atoms with Crippen molar-refractivity contribution in [2.24, 2.45) is 15.7 Å². The molecule has 2 aromatic heterocycles. The lowest BCUT2D eigenvalue weighted by molar-refractivity contribution is -0.0152. The summed E-state index contributed by atoms with van der Waals surface area (Å²) in [5.41, 5.74) is 7.86. The molecule has 0 saturated carbocycles. The molecule has 3 N–H and O–H groups in total. The summed E-state index contributed by atoms with van der Waals surface area (Å²) in [5, 5.41) is 7.96. The number of nitrogens with one attached hydrogen (secondary N) is 1. The summed E-state index contributed by atoms with van der Waals surface area (Å²) in [6.45, 7) is 7.04. The second-order valence-corrected chi connectivity index (χ2v) is 6.78. The van der Waals surface area contributed by atoms with E-state index in [-0.39, 0.29) is 12.1 Å². The summed E-state index contributed by atoms with van der Waals surface area (Å²) in [6.07, 6.45) is 10.8. The number of hydrogen-bond acceptors (Lipinski definition) is 7. The summed E-state index contributed by atoms with van der Waals surface area (Å²) >= 11 is 6.01. The van der Waals surface area contributed by atoms with E-state index in [4.69, 9.17) is 32.5 Å². The zero-order valence-electron chi connectivity index (χ0n) is 16.1. The standard InChI is InChI=1S/C19H23ClN8O/c1-13-19(14(7-21)8-22)29-6-5-27(13)17(3-4-23-2)25-9-15-10-26-18-11-24-16(20)12-28(15)18/h3-4,7-8,10-13,19,21H,2,5-6,9,22H2,1H3/b4-3-,14-8+,21-7?,25-17?. The highest BCUT2D eigenvalue weighted by molar-refractivity contribution is 6.29. The van der Waals surface area contributed by atoms with Crippen molar-refractivity contribution in [3.05, 3.63) is 53.5 Å². The number of amidine groups is 1. The van der Waals surface area contributed by atoms with Gasteiger partial charge in [0, 0.05) is 36.9 Å². The molecule has 10 heteroatoms. The third-order valence-corrected chi connectivity index (χ3v) is 4.91. The Labute approximate surface area is 173 Å². The molecule has 152 valence electrons. The summed E-state index contributed by atoms with van der Waals surface area (Å²) in [7, 11) is 0. The van der Waals surface area contributed by atoms with Gasteiger partial charge in [-0.3, -0.25) is 14.4 Å². The van der Waals surface area contributed by atoms with E-state index in [1.165, 1.54) is 12.4 Å². The molecule has 2 unspecified atom stereocenters. The number of fused-ring (bicyclic) bond motifs is 1. The van der Waals surface area contributed by atoms with Crippen LogP contribution < -0.4 is 5.73 Å². The van der Waals surface area contributed by atoms with Gasteiger partial charge in [0.1, 0.15) is 17.1 Å². The quantitative estimate of drug-likeness (QED) is 0.554. The minimum Gasteiger partial charge on any atom is -0.404 e.